The average Bonchev–Trinajstić information content (AvgIpc) is 2.93. The molecule has 2 saturated heterocycles. The van der Waals surface area contributed by atoms with Crippen molar-refractivity contribution in [3.63, 3.8) is 0 Å². The molecule has 22 heavy (non-hydrogen) atoms. The van der Waals surface area contributed by atoms with E-state index in [9.17, 15) is 10.1 Å². The summed E-state index contributed by atoms with van der Waals surface area (Å²) in [6.07, 6.45) is 5.07. The number of carbonyl (C=O) groups excluding carboxylic acids is 1. The molecule has 2 atom stereocenters. The van der Waals surface area contributed by atoms with Crippen LogP contribution in [0.3, 0.4) is 0 Å². The van der Waals surface area contributed by atoms with E-state index in [1.165, 1.54) is 11.3 Å². The first kappa shape index (κ1) is 15.8. The highest BCUT2D eigenvalue weighted by molar-refractivity contribution is 7.16. The van der Waals surface area contributed by atoms with E-state index in [0.29, 0.717) is 23.9 Å². The maximum atomic E-state index is 12.7. The third-order valence-corrected chi connectivity index (χ3v) is 5.82. The number of amides is 1. The lowest BCUT2D eigenvalue weighted by Gasteiger charge is -2.48. The van der Waals surface area contributed by atoms with Crippen molar-refractivity contribution in [3.8, 4) is 6.07 Å². The molecular weight excluding hydrogens is 320 g/mol. The zero-order valence-electron chi connectivity index (χ0n) is 12.4. The van der Waals surface area contributed by atoms with Crippen LogP contribution in [0.2, 0.25) is 4.34 Å². The van der Waals surface area contributed by atoms with E-state index in [0.717, 1.165) is 37.0 Å². The van der Waals surface area contributed by atoms with Crippen molar-refractivity contribution < 1.29 is 9.53 Å². The molecule has 1 aromatic heterocycles. The number of thiophene rings is 1. The van der Waals surface area contributed by atoms with Gasteiger partial charge in [-0.1, -0.05) is 11.6 Å². The van der Waals surface area contributed by atoms with Crippen LogP contribution in [0.5, 0.6) is 0 Å². The SMILES string of the molecule is N#C[C@H]1N(C(=O)Cc2ccc(Cl)s2)CCC[C@@]12CCCCO2. The molecule has 4 nitrogen and oxygen atoms in total. The average molecular weight is 339 g/mol. The topological polar surface area (TPSA) is 53.3 Å². The van der Waals surface area contributed by atoms with Gasteiger partial charge in [-0.25, -0.2) is 0 Å². The molecule has 0 aromatic carbocycles. The van der Waals surface area contributed by atoms with E-state index >= 15 is 0 Å². The highest BCUT2D eigenvalue weighted by atomic mass is 35.5. The Kier molecular flexibility index (Phi) is 4.72. The fourth-order valence-electron chi connectivity index (χ4n) is 3.54. The van der Waals surface area contributed by atoms with Crippen molar-refractivity contribution in [1.29, 1.82) is 5.26 Å². The van der Waals surface area contributed by atoms with E-state index in [-0.39, 0.29) is 5.91 Å². The van der Waals surface area contributed by atoms with Crippen LogP contribution >= 0.6 is 22.9 Å². The van der Waals surface area contributed by atoms with Crippen LogP contribution in [0, 0.1) is 11.3 Å². The molecular formula is C16H19ClN2O2S. The van der Waals surface area contributed by atoms with E-state index in [4.69, 9.17) is 16.3 Å². The summed E-state index contributed by atoms with van der Waals surface area (Å²) in [5.41, 5.74) is -0.450. The Hall–Kier alpha value is -1.09. The van der Waals surface area contributed by atoms with Gasteiger partial charge in [-0.05, 0) is 44.2 Å². The molecule has 2 aliphatic rings. The highest BCUT2D eigenvalue weighted by Gasteiger charge is 2.48. The first-order valence-electron chi connectivity index (χ1n) is 7.72. The van der Waals surface area contributed by atoms with Gasteiger partial charge in [0.2, 0.25) is 5.91 Å². The van der Waals surface area contributed by atoms with Crippen molar-refractivity contribution in [2.24, 2.45) is 0 Å². The molecule has 3 heterocycles. The molecule has 0 radical (unpaired) electrons. The minimum Gasteiger partial charge on any atom is -0.372 e. The molecule has 1 spiro atoms. The zero-order chi connectivity index (χ0) is 15.6. The summed E-state index contributed by atoms with van der Waals surface area (Å²) < 4.78 is 6.70. The second kappa shape index (κ2) is 6.57. The lowest BCUT2D eigenvalue weighted by atomic mass is 9.79. The molecule has 0 saturated carbocycles. The van der Waals surface area contributed by atoms with Gasteiger partial charge >= 0.3 is 0 Å². The van der Waals surface area contributed by atoms with E-state index in [1.54, 1.807) is 11.0 Å². The molecule has 1 amide bonds. The van der Waals surface area contributed by atoms with Crippen molar-refractivity contribution in [2.75, 3.05) is 13.2 Å². The summed E-state index contributed by atoms with van der Waals surface area (Å²) in [5.74, 6) is -0.00156. The van der Waals surface area contributed by atoms with Crippen LogP contribution in [0.25, 0.3) is 0 Å². The first-order chi connectivity index (χ1) is 10.6. The van der Waals surface area contributed by atoms with Crippen LogP contribution in [0.4, 0.5) is 0 Å². The molecule has 0 aliphatic carbocycles. The van der Waals surface area contributed by atoms with Gasteiger partial charge in [0.1, 0.15) is 11.6 Å². The number of hydrogen-bond acceptors (Lipinski definition) is 4. The third-order valence-electron chi connectivity index (χ3n) is 4.59. The summed E-state index contributed by atoms with van der Waals surface area (Å²) in [5, 5.41) is 9.66. The molecule has 2 aliphatic heterocycles. The van der Waals surface area contributed by atoms with Gasteiger partial charge in [0, 0.05) is 18.0 Å². The number of carbonyl (C=O) groups is 1. The van der Waals surface area contributed by atoms with Gasteiger partial charge in [-0.2, -0.15) is 5.26 Å². The quantitative estimate of drug-likeness (QED) is 0.830. The summed E-state index contributed by atoms with van der Waals surface area (Å²) in [6.45, 7) is 1.34. The maximum Gasteiger partial charge on any atom is 0.228 e. The van der Waals surface area contributed by atoms with Gasteiger partial charge in [-0.3, -0.25) is 4.79 Å². The number of ether oxygens (including phenoxy) is 1. The largest absolute Gasteiger partial charge is 0.372 e. The Labute approximate surface area is 139 Å². The lowest BCUT2D eigenvalue weighted by Crippen LogP contribution is -2.60. The maximum absolute atomic E-state index is 12.7. The van der Waals surface area contributed by atoms with Gasteiger partial charge in [0.05, 0.1) is 16.8 Å². The predicted octanol–water partition coefficient (Wildman–Crippen LogP) is 3.40. The standard InChI is InChI=1S/C16H19ClN2O2S/c17-14-5-4-12(22-14)10-15(20)19-8-3-7-16(13(19)11-18)6-1-2-9-21-16/h4-5,13H,1-3,6-10H2/t13-,16+/m1/s1. The second-order valence-corrected chi connectivity index (χ2v) is 7.77. The smallest absolute Gasteiger partial charge is 0.228 e. The summed E-state index contributed by atoms with van der Waals surface area (Å²) >= 11 is 7.34. The number of hydrogen-bond donors (Lipinski definition) is 0. The van der Waals surface area contributed by atoms with Gasteiger partial charge in [0.25, 0.3) is 0 Å². The Morgan fingerprint density at radius 3 is 2.91 bits per heavy atom. The molecule has 3 rings (SSSR count). The summed E-state index contributed by atoms with van der Waals surface area (Å²) in [4.78, 5) is 15.3. The van der Waals surface area contributed by atoms with Crippen LogP contribution in [0.1, 0.15) is 37.0 Å². The number of halogens is 1. The Morgan fingerprint density at radius 2 is 2.27 bits per heavy atom. The van der Waals surface area contributed by atoms with Crippen LogP contribution in [-0.2, 0) is 16.0 Å². The van der Waals surface area contributed by atoms with Crippen LogP contribution < -0.4 is 0 Å². The van der Waals surface area contributed by atoms with Crippen molar-refractivity contribution in [3.05, 3.63) is 21.3 Å². The third kappa shape index (κ3) is 3.01. The monoisotopic (exact) mass is 338 g/mol. The van der Waals surface area contributed by atoms with Crippen molar-refractivity contribution in [2.45, 2.75) is 50.2 Å². The molecule has 0 unspecified atom stereocenters. The lowest BCUT2D eigenvalue weighted by molar-refractivity contribution is -0.158. The molecule has 6 heteroatoms. The van der Waals surface area contributed by atoms with Gasteiger partial charge in [0.15, 0.2) is 0 Å². The van der Waals surface area contributed by atoms with Gasteiger partial charge in [-0.15, -0.1) is 11.3 Å². The van der Waals surface area contributed by atoms with Crippen LogP contribution in [0.15, 0.2) is 12.1 Å². The minimum atomic E-state index is -0.468. The Balaban J connectivity index is 1.76. The number of rotatable bonds is 2. The molecule has 1 aromatic rings. The normalized spacial score (nSPS) is 28.5. The zero-order valence-corrected chi connectivity index (χ0v) is 14.0. The first-order valence-corrected chi connectivity index (χ1v) is 8.91. The number of nitrogens with zero attached hydrogens (tertiary/aromatic N) is 2. The number of likely N-dealkylation sites (tertiary alicyclic amines) is 1. The van der Waals surface area contributed by atoms with Gasteiger partial charge < -0.3 is 9.64 Å². The minimum absolute atomic E-state index is 0.00156. The summed E-state index contributed by atoms with van der Waals surface area (Å²) in [7, 11) is 0. The molecule has 118 valence electrons. The number of piperidine rings is 1. The molecule has 0 bridgehead atoms. The fourth-order valence-corrected chi connectivity index (χ4v) is 4.62. The Morgan fingerprint density at radius 1 is 1.45 bits per heavy atom. The van der Waals surface area contributed by atoms with Crippen molar-refractivity contribution >= 4 is 28.8 Å². The van der Waals surface area contributed by atoms with E-state index < -0.39 is 11.6 Å². The number of nitriles is 1. The van der Waals surface area contributed by atoms with E-state index in [1.807, 2.05) is 6.07 Å². The van der Waals surface area contributed by atoms with E-state index in [2.05, 4.69) is 6.07 Å². The molecule has 2 fully saturated rings. The Bertz CT molecular complexity index is 584. The fraction of sp³-hybridized carbons (Fsp3) is 0.625. The molecule has 0 N–H and O–H groups in total. The van der Waals surface area contributed by atoms with Crippen molar-refractivity contribution in [1.82, 2.24) is 4.90 Å². The highest BCUT2D eigenvalue weighted by Crippen LogP contribution is 2.38. The summed E-state index contributed by atoms with van der Waals surface area (Å²) in [6, 6.07) is 5.56. The second-order valence-electron chi connectivity index (χ2n) is 5.98. The predicted molar refractivity (Wildman–Crippen MR) is 85.9 cm³/mol. The van der Waals surface area contributed by atoms with Crippen LogP contribution in [-0.4, -0.2) is 35.6 Å².